The molecular formula is C12H13ClN4. The maximum absolute atomic E-state index is 5.90. The van der Waals surface area contributed by atoms with Gasteiger partial charge in [0, 0.05) is 19.3 Å². The van der Waals surface area contributed by atoms with E-state index in [-0.39, 0.29) is 5.28 Å². The Bertz CT molecular complexity index is 559. The van der Waals surface area contributed by atoms with Crippen LogP contribution >= 0.6 is 11.6 Å². The van der Waals surface area contributed by atoms with Crippen molar-refractivity contribution in [3.63, 3.8) is 0 Å². The van der Waals surface area contributed by atoms with E-state index in [1.807, 2.05) is 22.9 Å². The van der Waals surface area contributed by atoms with Crippen molar-refractivity contribution >= 4 is 28.5 Å². The van der Waals surface area contributed by atoms with Crippen molar-refractivity contribution in [3.8, 4) is 0 Å². The third-order valence-electron chi connectivity index (χ3n) is 2.33. The Morgan fingerprint density at radius 1 is 1.35 bits per heavy atom. The Balaban J connectivity index is 2.52. The van der Waals surface area contributed by atoms with Gasteiger partial charge in [0.25, 0.3) is 0 Å². The Hall–Kier alpha value is -1.81. The Morgan fingerprint density at radius 3 is 2.88 bits per heavy atom. The lowest BCUT2D eigenvalue weighted by atomic mass is 10.3. The minimum atomic E-state index is 0.230. The average Bonchev–Trinajstić information content (AvgIpc) is 2.70. The molecule has 0 bridgehead atoms. The summed E-state index contributed by atoms with van der Waals surface area (Å²) in [4.78, 5) is 8.40. The number of allylic oxidation sites excluding steroid dienone is 1. The number of anilines is 1. The molecule has 0 spiro atoms. The van der Waals surface area contributed by atoms with Crippen molar-refractivity contribution in [3.05, 3.63) is 42.9 Å². The molecule has 2 aromatic rings. The molecular weight excluding hydrogens is 236 g/mol. The lowest BCUT2D eigenvalue weighted by molar-refractivity contribution is 0.850. The second-order valence-corrected chi connectivity index (χ2v) is 3.84. The van der Waals surface area contributed by atoms with Gasteiger partial charge in [-0.15, -0.1) is 13.2 Å². The number of hydrogen-bond acceptors (Lipinski definition) is 3. The zero-order chi connectivity index (χ0) is 12.3. The van der Waals surface area contributed by atoms with Crippen molar-refractivity contribution in [2.75, 3.05) is 11.9 Å². The van der Waals surface area contributed by atoms with Crippen LogP contribution in [0.1, 0.15) is 0 Å². The first-order valence-electron chi connectivity index (χ1n) is 5.24. The van der Waals surface area contributed by atoms with Crippen LogP contribution in [0.25, 0.3) is 11.0 Å². The summed E-state index contributed by atoms with van der Waals surface area (Å²) in [7, 11) is 0. The summed E-state index contributed by atoms with van der Waals surface area (Å²) in [6, 6.07) is 1.96. The topological polar surface area (TPSA) is 42.7 Å². The number of nitrogens with zero attached hydrogens (tertiary/aromatic N) is 3. The van der Waals surface area contributed by atoms with Crippen molar-refractivity contribution in [2.45, 2.75) is 6.54 Å². The Labute approximate surface area is 105 Å². The highest BCUT2D eigenvalue weighted by Gasteiger charge is 2.09. The van der Waals surface area contributed by atoms with Gasteiger partial charge in [-0.05, 0) is 17.7 Å². The van der Waals surface area contributed by atoms with Crippen molar-refractivity contribution < 1.29 is 0 Å². The van der Waals surface area contributed by atoms with Gasteiger partial charge in [0.15, 0.2) is 0 Å². The molecule has 2 heterocycles. The van der Waals surface area contributed by atoms with E-state index in [0.717, 1.165) is 16.9 Å². The summed E-state index contributed by atoms with van der Waals surface area (Å²) in [5, 5.41) is 4.31. The van der Waals surface area contributed by atoms with Crippen molar-refractivity contribution in [1.82, 2.24) is 14.5 Å². The van der Waals surface area contributed by atoms with E-state index in [4.69, 9.17) is 11.6 Å². The van der Waals surface area contributed by atoms with Gasteiger partial charge in [0.2, 0.25) is 5.28 Å². The molecule has 0 aliphatic heterocycles. The highest BCUT2D eigenvalue weighted by Crippen LogP contribution is 2.23. The first kappa shape index (κ1) is 11.7. The predicted molar refractivity (Wildman–Crippen MR) is 71.4 cm³/mol. The molecule has 4 nitrogen and oxygen atoms in total. The van der Waals surface area contributed by atoms with E-state index in [1.54, 1.807) is 6.08 Å². The largest absolute Gasteiger partial charge is 0.366 e. The lowest BCUT2D eigenvalue weighted by Gasteiger charge is -2.06. The summed E-state index contributed by atoms with van der Waals surface area (Å²) in [6.07, 6.45) is 5.52. The molecule has 88 valence electrons. The smallest absolute Gasteiger partial charge is 0.226 e. The number of halogens is 1. The zero-order valence-electron chi connectivity index (χ0n) is 9.36. The maximum Gasteiger partial charge on any atom is 0.226 e. The van der Waals surface area contributed by atoms with Crippen LogP contribution in [0.3, 0.4) is 0 Å². The van der Waals surface area contributed by atoms with E-state index in [9.17, 15) is 0 Å². The van der Waals surface area contributed by atoms with Crippen molar-refractivity contribution in [1.29, 1.82) is 0 Å². The van der Waals surface area contributed by atoms with Crippen molar-refractivity contribution in [2.24, 2.45) is 0 Å². The molecule has 2 aromatic heterocycles. The molecule has 0 saturated carbocycles. The van der Waals surface area contributed by atoms with Gasteiger partial charge in [-0.2, -0.15) is 4.98 Å². The minimum Gasteiger partial charge on any atom is -0.366 e. The predicted octanol–water partition coefficient (Wildman–Crippen LogP) is 2.87. The number of nitrogens with one attached hydrogen (secondary N) is 1. The number of fused-ring (bicyclic) bond motifs is 1. The van der Waals surface area contributed by atoms with Crippen LogP contribution < -0.4 is 5.32 Å². The Kier molecular flexibility index (Phi) is 3.44. The summed E-state index contributed by atoms with van der Waals surface area (Å²) in [5.41, 5.74) is 0.802. The van der Waals surface area contributed by atoms with Crippen LogP contribution in [-0.4, -0.2) is 21.1 Å². The highest BCUT2D eigenvalue weighted by atomic mass is 35.5. The molecule has 0 aliphatic carbocycles. The van der Waals surface area contributed by atoms with Crippen LogP contribution in [0.4, 0.5) is 5.82 Å². The van der Waals surface area contributed by atoms with Gasteiger partial charge >= 0.3 is 0 Å². The van der Waals surface area contributed by atoms with Gasteiger partial charge in [0.05, 0.1) is 5.39 Å². The van der Waals surface area contributed by atoms with Gasteiger partial charge < -0.3 is 9.88 Å². The van der Waals surface area contributed by atoms with E-state index < -0.39 is 0 Å². The molecule has 2 rings (SSSR count). The molecule has 0 saturated heterocycles. The third-order valence-corrected chi connectivity index (χ3v) is 2.50. The molecule has 0 aliphatic rings. The quantitative estimate of drug-likeness (QED) is 0.654. The average molecular weight is 249 g/mol. The molecule has 0 aromatic carbocycles. The number of rotatable bonds is 5. The SMILES string of the molecule is C=CCNc1nc(Cl)nc2c1ccn2CC=C. The standard InChI is InChI=1S/C12H13ClN4/c1-3-6-14-10-9-5-8-17(7-4-2)11(9)16-12(13)15-10/h3-5,8H,1-2,6-7H2,(H,14,15,16). The fraction of sp³-hybridized carbons (Fsp3) is 0.167. The first-order valence-corrected chi connectivity index (χ1v) is 5.62. The van der Waals surface area contributed by atoms with Gasteiger partial charge in [-0.3, -0.25) is 0 Å². The van der Waals surface area contributed by atoms with E-state index >= 15 is 0 Å². The van der Waals surface area contributed by atoms with E-state index in [1.165, 1.54) is 0 Å². The Morgan fingerprint density at radius 2 is 2.18 bits per heavy atom. The summed E-state index contributed by atoms with van der Waals surface area (Å²) in [5.74, 6) is 0.725. The maximum atomic E-state index is 5.90. The second kappa shape index (κ2) is 5.01. The molecule has 5 heteroatoms. The van der Waals surface area contributed by atoms with Crippen LogP contribution in [0, 0.1) is 0 Å². The van der Waals surface area contributed by atoms with Crippen LogP contribution in [0.2, 0.25) is 5.28 Å². The molecule has 1 N–H and O–H groups in total. The first-order chi connectivity index (χ1) is 8.26. The zero-order valence-corrected chi connectivity index (χ0v) is 10.1. The molecule has 0 unspecified atom stereocenters. The molecule has 0 amide bonds. The second-order valence-electron chi connectivity index (χ2n) is 3.50. The van der Waals surface area contributed by atoms with E-state index in [2.05, 4.69) is 28.4 Å². The molecule has 0 fully saturated rings. The lowest BCUT2D eigenvalue weighted by Crippen LogP contribution is -2.03. The summed E-state index contributed by atoms with van der Waals surface area (Å²) >= 11 is 5.90. The fourth-order valence-corrected chi connectivity index (χ4v) is 1.79. The van der Waals surface area contributed by atoms with E-state index in [0.29, 0.717) is 13.1 Å². The third kappa shape index (κ3) is 2.31. The van der Waals surface area contributed by atoms with Gasteiger partial charge in [-0.25, -0.2) is 4.98 Å². The fourth-order valence-electron chi connectivity index (χ4n) is 1.63. The number of aromatic nitrogens is 3. The van der Waals surface area contributed by atoms with Crippen LogP contribution in [0.5, 0.6) is 0 Å². The van der Waals surface area contributed by atoms with Crippen LogP contribution in [0.15, 0.2) is 37.6 Å². The summed E-state index contributed by atoms with van der Waals surface area (Å²) in [6.45, 7) is 8.69. The number of hydrogen-bond donors (Lipinski definition) is 1. The molecule has 17 heavy (non-hydrogen) atoms. The summed E-state index contributed by atoms with van der Waals surface area (Å²) < 4.78 is 1.97. The normalized spacial score (nSPS) is 10.4. The molecule has 0 radical (unpaired) electrons. The minimum absolute atomic E-state index is 0.230. The van der Waals surface area contributed by atoms with Crippen LogP contribution in [-0.2, 0) is 6.54 Å². The highest BCUT2D eigenvalue weighted by molar-refractivity contribution is 6.28. The molecule has 0 atom stereocenters. The monoisotopic (exact) mass is 248 g/mol. The van der Waals surface area contributed by atoms with Gasteiger partial charge in [-0.1, -0.05) is 12.2 Å². The van der Waals surface area contributed by atoms with Gasteiger partial charge in [0.1, 0.15) is 11.5 Å².